The van der Waals surface area contributed by atoms with Gasteiger partial charge in [-0.1, -0.05) is 0 Å². The van der Waals surface area contributed by atoms with E-state index in [0.717, 1.165) is 0 Å². The number of nitrogens with two attached hydrogens (primary N) is 1. The van der Waals surface area contributed by atoms with Crippen molar-refractivity contribution in [2.45, 2.75) is 6.92 Å². The molecule has 2 N–H and O–H groups in total. The van der Waals surface area contributed by atoms with Gasteiger partial charge in [0.05, 0.1) is 12.2 Å². The van der Waals surface area contributed by atoms with Crippen LogP contribution in [-0.2, 0) is 9.53 Å². The van der Waals surface area contributed by atoms with E-state index >= 15 is 0 Å². The largest absolute Gasteiger partial charge is 0.486 e. The minimum Gasteiger partial charge on any atom is -0.486 e. The van der Waals surface area contributed by atoms with Crippen LogP contribution in [0.15, 0.2) is 12.1 Å². The van der Waals surface area contributed by atoms with E-state index in [-0.39, 0.29) is 17.9 Å². The molecule has 0 radical (unpaired) electrons. The SMILES string of the molecule is CCOC(=O)C(=O)c1cc2c(cc1N)OCCO2. The molecule has 1 aromatic carbocycles. The van der Waals surface area contributed by atoms with Gasteiger partial charge in [0.1, 0.15) is 13.2 Å². The molecule has 0 aliphatic carbocycles. The van der Waals surface area contributed by atoms with E-state index in [2.05, 4.69) is 4.74 Å². The molecule has 0 amide bonds. The second-order valence-electron chi connectivity index (χ2n) is 3.63. The summed E-state index contributed by atoms with van der Waals surface area (Å²) in [6.07, 6.45) is 0. The van der Waals surface area contributed by atoms with Gasteiger partial charge in [0.25, 0.3) is 5.78 Å². The Morgan fingerprint density at radius 1 is 1.28 bits per heavy atom. The van der Waals surface area contributed by atoms with Crippen molar-refractivity contribution < 1.29 is 23.8 Å². The average molecular weight is 251 g/mol. The van der Waals surface area contributed by atoms with Crippen LogP contribution in [0.5, 0.6) is 11.5 Å². The van der Waals surface area contributed by atoms with Gasteiger partial charge in [-0.15, -0.1) is 0 Å². The van der Waals surface area contributed by atoms with Gasteiger partial charge in [0.15, 0.2) is 11.5 Å². The summed E-state index contributed by atoms with van der Waals surface area (Å²) in [6.45, 7) is 2.58. The lowest BCUT2D eigenvalue weighted by molar-refractivity contribution is -0.137. The summed E-state index contributed by atoms with van der Waals surface area (Å²) in [4.78, 5) is 23.2. The number of carbonyl (C=O) groups excluding carboxylic acids is 2. The molecular formula is C12H13NO5. The van der Waals surface area contributed by atoms with Crippen LogP contribution in [-0.4, -0.2) is 31.6 Å². The molecule has 1 heterocycles. The molecule has 6 heteroatoms. The molecule has 6 nitrogen and oxygen atoms in total. The van der Waals surface area contributed by atoms with Crippen molar-refractivity contribution in [2.75, 3.05) is 25.6 Å². The molecule has 0 saturated carbocycles. The standard InChI is InChI=1S/C12H13NO5/c1-2-16-12(15)11(14)7-5-9-10(6-8(7)13)18-4-3-17-9/h5-6H,2-4,13H2,1H3. The van der Waals surface area contributed by atoms with Gasteiger partial charge in [-0.25, -0.2) is 4.79 Å². The first-order chi connectivity index (χ1) is 8.63. The van der Waals surface area contributed by atoms with Crippen molar-refractivity contribution in [1.82, 2.24) is 0 Å². The van der Waals surface area contributed by atoms with Gasteiger partial charge in [0, 0.05) is 11.8 Å². The Morgan fingerprint density at radius 3 is 2.50 bits per heavy atom. The first kappa shape index (κ1) is 12.2. The molecule has 0 atom stereocenters. The number of anilines is 1. The smallest absolute Gasteiger partial charge is 0.379 e. The Bertz CT molecular complexity index is 497. The molecule has 1 aliphatic heterocycles. The number of esters is 1. The van der Waals surface area contributed by atoms with E-state index in [1.165, 1.54) is 12.1 Å². The second-order valence-corrected chi connectivity index (χ2v) is 3.63. The van der Waals surface area contributed by atoms with Crippen molar-refractivity contribution in [3.8, 4) is 11.5 Å². The van der Waals surface area contributed by atoms with Crippen molar-refractivity contribution in [3.63, 3.8) is 0 Å². The van der Waals surface area contributed by atoms with Crippen LogP contribution in [0.4, 0.5) is 5.69 Å². The lowest BCUT2D eigenvalue weighted by Gasteiger charge is -2.19. The van der Waals surface area contributed by atoms with Crippen LogP contribution < -0.4 is 15.2 Å². The normalized spacial score (nSPS) is 12.9. The number of rotatable bonds is 3. The van der Waals surface area contributed by atoms with Crippen LogP contribution in [0.2, 0.25) is 0 Å². The summed E-state index contributed by atoms with van der Waals surface area (Å²) in [5.41, 5.74) is 5.95. The maximum absolute atomic E-state index is 11.8. The minimum absolute atomic E-state index is 0.0673. The number of carbonyl (C=O) groups is 2. The van der Waals surface area contributed by atoms with Gasteiger partial charge in [-0.05, 0) is 13.0 Å². The fourth-order valence-electron chi connectivity index (χ4n) is 1.61. The molecule has 0 spiro atoms. The highest BCUT2D eigenvalue weighted by atomic mass is 16.6. The van der Waals surface area contributed by atoms with Crippen LogP contribution in [0, 0.1) is 0 Å². The fourth-order valence-corrected chi connectivity index (χ4v) is 1.61. The quantitative estimate of drug-likeness (QED) is 0.370. The number of Topliss-reactive ketones (excluding diaryl/α,β-unsaturated/α-hetero) is 1. The number of ketones is 1. The molecule has 0 fully saturated rings. The van der Waals surface area contributed by atoms with E-state index in [1.807, 2.05) is 0 Å². The first-order valence-electron chi connectivity index (χ1n) is 5.54. The van der Waals surface area contributed by atoms with Crippen LogP contribution in [0.25, 0.3) is 0 Å². The van der Waals surface area contributed by atoms with Gasteiger partial charge >= 0.3 is 5.97 Å². The number of hydrogen-bond acceptors (Lipinski definition) is 6. The van der Waals surface area contributed by atoms with Gasteiger partial charge < -0.3 is 19.9 Å². The monoisotopic (exact) mass is 251 g/mol. The number of nitrogen functional groups attached to an aromatic ring is 1. The summed E-state index contributed by atoms with van der Waals surface area (Å²) in [5, 5.41) is 0. The highest BCUT2D eigenvalue weighted by molar-refractivity contribution is 6.41. The van der Waals surface area contributed by atoms with E-state index < -0.39 is 11.8 Å². The summed E-state index contributed by atoms with van der Waals surface area (Å²) >= 11 is 0. The van der Waals surface area contributed by atoms with Crippen molar-refractivity contribution >= 4 is 17.4 Å². The number of fused-ring (bicyclic) bond motifs is 1. The molecule has 1 aromatic rings. The Balaban J connectivity index is 2.33. The van der Waals surface area contributed by atoms with Gasteiger partial charge in [-0.2, -0.15) is 0 Å². The van der Waals surface area contributed by atoms with E-state index in [4.69, 9.17) is 15.2 Å². The van der Waals surface area contributed by atoms with Gasteiger partial charge in [-0.3, -0.25) is 4.79 Å². The zero-order chi connectivity index (χ0) is 13.1. The Hall–Kier alpha value is -2.24. The minimum atomic E-state index is -0.930. The molecule has 2 rings (SSSR count). The highest BCUT2D eigenvalue weighted by Crippen LogP contribution is 2.34. The van der Waals surface area contributed by atoms with E-state index in [0.29, 0.717) is 24.7 Å². The molecule has 0 aromatic heterocycles. The summed E-state index contributed by atoms with van der Waals surface area (Å²) in [7, 11) is 0. The summed E-state index contributed by atoms with van der Waals surface area (Å²) in [6, 6.07) is 2.88. The molecule has 96 valence electrons. The number of benzene rings is 1. The number of ether oxygens (including phenoxy) is 3. The summed E-state index contributed by atoms with van der Waals surface area (Å²) < 4.78 is 15.3. The molecule has 0 bridgehead atoms. The number of hydrogen-bond donors (Lipinski definition) is 1. The predicted molar refractivity (Wildman–Crippen MR) is 62.8 cm³/mol. The van der Waals surface area contributed by atoms with Crippen LogP contribution in [0.3, 0.4) is 0 Å². The van der Waals surface area contributed by atoms with Crippen LogP contribution >= 0.6 is 0 Å². The molecule has 18 heavy (non-hydrogen) atoms. The van der Waals surface area contributed by atoms with E-state index in [1.54, 1.807) is 6.92 Å². The molecule has 0 unspecified atom stereocenters. The third kappa shape index (κ3) is 2.22. The van der Waals surface area contributed by atoms with Crippen molar-refractivity contribution in [3.05, 3.63) is 17.7 Å². The summed E-state index contributed by atoms with van der Waals surface area (Å²) in [5.74, 6) is -0.838. The highest BCUT2D eigenvalue weighted by Gasteiger charge is 2.23. The molecule has 1 aliphatic rings. The topological polar surface area (TPSA) is 87.9 Å². The Morgan fingerprint density at radius 2 is 1.89 bits per heavy atom. The van der Waals surface area contributed by atoms with E-state index in [9.17, 15) is 9.59 Å². The zero-order valence-electron chi connectivity index (χ0n) is 9.89. The average Bonchev–Trinajstić information content (AvgIpc) is 2.37. The zero-order valence-corrected chi connectivity index (χ0v) is 9.89. The Labute approximate surface area is 104 Å². The van der Waals surface area contributed by atoms with Crippen molar-refractivity contribution in [2.24, 2.45) is 0 Å². The fraction of sp³-hybridized carbons (Fsp3) is 0.333. The maximum atomic E-state index is 11.8. The maximum Gasteiger partial charge on any atom is 0.379 e. The third-order valence-electron chi connectivity index (χ3n) is 2.42. The predicted octanol–water partition coefficient (Wildman–Crippen LogP) is 0.786. The van der Waals surface area contributed by atoms with Gasteiger partial charge in [0.2, 0.25) is 0 Å². The van der Waals surface area contributed by atoms with Crippen LogP contribution in [0.1, 0.15) is 17.3 Å². The molecule has 0 saturated heterocycles. The lowest BCUT2D eigenvalue weighted by atomic mass is 10.1. The first-order valence-corrected chi connectivity index (χ1v) is 5.54. The van der Waals surface area contributed by atoms with Crippen molar-refractivity contribution in [1.29, 1.82) is 0 Å². The Kier molecular flexibility index (Phi) is 3.36. The lowest BCUT2D eigenvalue weighted by Crippen LogP contribution is -2.21. The molecular weight excluding hydrogens is 238 g/mol. The second kappa shape index (κ2) is 4.95. The third-order valence-corrected chi connectivity index (χ3v) is 2.42.